The Morgan fingerprint density at radius 3 is 2.84 bits per heavy atom. The Morgan fingerprint density at radius 2 is 2.21 bits per heavy atom. The smallest absolute Gasteiger partial charge is 0.213 e. The zero-order chi connectivity index (χ0) is 13.8. The second kappa shape index (κ2) is 6.39. The van der Waals surface area contributed by atoms with Gasteiger partial charge in [-0.05, 0) is 63.9 Å². The molecule has 2 N–H and O–H groups in total. The van der Waals surface area contributed by atoms with Gasteiger partial charge in [0, 0.05) is 36.1 Å². The number of aryl methyl sites for hydroxylation is 1. The van der Waals surface area contributed by atoms with E-state index in [4.69, 9.17) is 5.41 Å². The molecule has 3 nitrogen and oxygen atoms in total. The van der Waals surface area contributed by atoms with Crippen molar-refractivity contribution in [2.24, 2.45) is 0 Å². The molecular formula is C13H12FIN3P. The van der Waals surface area contributed by atoms with Crippen molar-refractivity contribution in [3.05, 3.63) is 47.5 Å². The number of hydrogen-bond acceptors (Lipinski definition) is 3. The molecule has 0 saturated heterocycles. The van der Waals surface area contributed by atoms with Crippen LogP contribution in [-0.4, -0.2) is 11.2 Å². The summed E-state index contributed by atoms with van der Waals surface area (Å²) in [5.41, 5.74) is 4.47. The highest BCUT2D eigenvalue weighted by Crippen LogP contribution is 2.32. The van der Waals surface area contributed by atoms with E-state index in [1.807, 2.05) is 19.1 Å². The van der Waals surface area contributed by atoms with Gasteiger partial charge in [0.2, 0.25) is 5.95 Å². The fourth-order valence-electron chi connectivity index (χ4n) is 1.89. The maximum Gasteiger partial charge on any atom is 0.213 e. The van der Waals surface area contributed by atoms with Crippen molar-refractivity contribution in [3.63, 3.8) is 0 Å². The summed E-state index contributed by atoms with van der Waals surface area (Å²) >= 11 is 2.24. The van der Waals surface area contributed by atoms with Crippen LogP contribution in [0.4, 0.5) is 10.1 Å². The molecule has 1 aromatic carbocycles. The summed E-state index contributed by atoms with van der Waals surface area (Å²) < 4.78 is 13.2. The Labute approximate surface area is 125 Å². The van der Waals surface area contributed by atoms with Gasteiger partial charge < -0.3 is 10.5 Å². The molecule has 0 spiro atoms. The van der Waals surface area contributed by atoms with Gasteiger partial charge in [-0.1, -0.05) is 0 Å². The van der Waals surface area contributed by atoms with E-state index in [1.54, 1.807) is 6.07 Å². The van der Waals surface area contributed by atoms with Crippen LogP contribution in [0.3, 0.4) is 0 Å². The molecule has 0 bridgehead atoms. The zero-order valence-electron chi connectivity index (χ0n) is 10.2. The van der Waals surface area contributed by atoms with Gasteiger partial charge in [0.05, 0.1) is 0 Å². The number of nitrogens with zero attached hydrogens (tertiary/aromatic N) is 1. The zero-order valence-corrected chi connectivity index (χ0v) is 13.3. The van der Waals surface area contributed by atoms with Gasteiger partial charge in [-0.25, -0.2) is 4.98 Å². The Morgan fingerprint density at radius 1 is 1.42 bits per heavy atom. The van der Waals surface area contributed by atoms with Crippen molar-refractivity contribution in [1.29, 1.82) is 5.41 Å². The molecule has 0 amide bonds. The van der Waals surface area contributed by atoms with Crippen molar-refractivity contribution in [3.8, 4) is 11.1 Å². The van der Waals surface area contributed by atoms with Gasteiger partial charge >= 0.3 is 0 Å². The van der Waals surface area contributed by atoms with E-state index >= 15 is 0 Å². The van der Waals surface area contributed by atoms with Crippen molar-refractivity contribution in [2.45, 2.75) is 6.92 Å². The summed E-state index contributed by atoms with van der Waals surface area (Å²) in [6.07, 6.45) is 3.30. The van der Waals surface area contributed by atoms with E-state index in [9.17, 15) is 4.39 Å². The quantitative estimate of drug-likeness (QED) is 0.350. The largest absolute Gasteiger partial charge is 0.358 e. The lowest BCUT2D eigenvalue weighted by Crippen LogP contribution is -1.95. The fraction of sp³-hybridized carbons (Fsp3) is 0.0769. The Hall–Kier alpha value is -1.07. The molecular weight excluding hydrogens is 375 g/mol. The minimum atomic E-state index is -0.488. The van der Waals surface area contributed by atoms with E-state index in [2.05, 4.69) is 32.1 Å². The highest BCUT2D eigenvalue weighted by molar-refractivity contribution is 14.2. The van der Waals surface area contributed by atoms with Gasteiger partial charge in [0.1, 0.15) is 0 Å². The van der Waals surface area contributed by atoms with Crippen molar-refractivity contribution < 1.29 is 4.39 Å². The fourth-order valence-corrected chi connectivity index (χ4v) is 3.08. The number of pyridine rings is 1. The normalized spacial score (nSPS) is 10.9. The molecule has 1 aromatic heterocycles. The van der Waals surface area contributed by atoms with Crippen molar-refractivity contribution in [2.75, 3.05) is 5.09 Å². The highest BCUT2D eigenvalue weighted by atomic mass is 127. The molecule has 6 heteroatoms. The van der Waals surface area contributed by atoms with Crippen LogP contribution in [0, 0.1) is 18.3 Å². The van der Waals surface area contributed by atoms with Crippen molar-refractivity contribution >= 4 is 40.3 Å². The molecule has 1 unspecified atom stereocenters. The molecule has 19 heavy (non-hydrogen) atoms. The van der Waals surface area contributed by atoms with E-state index in [1.165, 1.54) is 18.5 Å². The SMILES string of the molecule is Cc1cc(C=N)c(NPI)cc1-c1ccnc(F)c1. The lowest BCUT2D eigenvalue weighted by atomic mass is 9.98. The highest BCUT2D eigenvalue weighted by Gasteiger charge is 2.08. The molecule has 98 valence electrons. The minimum Gasteiger partial charge on any atom is -0.358 e. The molecule has 0 saturated carbocycles. The van der Waals surface area contributed by atoms with Crippen LogP contribution in [0.15, 0.2) is 30.5 Å². The van der Waals surface area contributed by atoms with Crippen molar-refractivity contribution in [1.82, 2.24) is 4.98 Å². The van der Waals surface area contributed by atoms with Gasteiger partial charge in [0.15, 0.2) is 0 Å². The predicted molar refractivity (Wildman–Crippen MR) is 88.2 cm³/mol. The lowest BCUT2D eigenvalue weighted by molar-refractivity contribution is 0.584. The molecule has 0 aliphatic rings. The monoisotopic (exact) mass is 387 g/mol. The number of rotatable bonds is 4. The van der Waals surface area contributed by atoms with Crippen LogP contribution in [0.1, 0.15) is 11.1 Å². The first-order valence-electron chi connectivity index (χ1n) is 5.54. The van der Waals surface area contributed by atoms with Crippen LogP contribution in [0.25, 0.3) is 11.1 Å². The summed E-state index contributed by atoms with van der Waals surface area (Å²) in [5.74, 6) is -0.488. The van der Waals surface area contributed by atoms with Crippen LogP contribution >= 0.6 is 28.4 Å². The van der Waals surface area contributed by atoms with Crippen LogP contribution in [0.2, 0.25) is 0 Å². The van der Waals surface area contributed by atoms with E-state index in [-0.39, 0.29) is 0 Å². The first kappa shape index (κ1) is 14.3. The van der Waals surface area contributed by atoms with Gasteiger partial charge in [0.25, 0.3) is 0 Å². The summed E-state index contributed by atoms with van der Waals surface area (Å²) in [7, 11) is 0. The number of hydrogen-bond donors (Lipinski definition) is 2. The summed E-state index contributed by atoms with van der Waals surface area (Å²) in [4.78, 5) is 3.57. The maximum atomic E-state index is 13.2. The number of benzene rings is 1. The second-order valence-electron chi connectivity index (χ2n) is 3.99. The molecule has 0 fully saturated rings. The molecule has 1 heterocycles. The van der Waals surface area contributed by atoms with E-state index < -0.39 is 5.95 Å². The summed E-state index contributed by atoms with van der Waals surface area (Å²) in [6, 6.07) is 7.09. The van der Waals surface area contributed by atoms with Crippen LogP contribution in [0.5, 0.6) is 0 Å². The van der Waals surface area contributed by atoms with Gasteiger partial charge in [-0.3, -0.25) is 0 Å². The predicted octanol–water partition coefficient (Wildman–Crippen LogP) is 4.55. The molecule has 2 rings (SSSR count). The van der Waals surface area contributed by atoms with E-state index in [0.717, 1.165) is 27.9 Å². The lowest BCUT2D eigenvalue weighted by Gasteiger charge is -2.13. The number of aromatic nitrogens is 1. The number of halogens is 2. The Bertz CT molecular complexity index is 619. The van der Waals surface area contributed by atoms with Crippen LogP contribution in [-0.2, 0) is 0 Å². The average molecular weight is 387 g/mol. The Kier molecular flexibility index (Phi) is 4.82. The van der Waals surface area contributed by atoms with Gasteiger partial charge in [-0.15, -0.1) is 0 Å². The molecule has 0 aliphatic carbocycles. The molecule has 0 radical (unpaired) electrons. The molecule has 1 atom stereocenters. The van der Waals surface area contributed by atoms with Crippen LogP contribution < -0.4 is 5.09 Å². The maximum absolute atomic E-state index is 13.2. The Balaban J connectivity index is 2.57. The number of nitrogens with one attached hydrogen (secondary N) is 2. The third kappa shape index (κ3) is 3.28. The summed E-state index contributed by atoms with van der Waals surface area (Å²) in [5, 5.41) is 10.7. The average Bonchev–Trinajstić information content (AvgIpc) is 2.40. The standard InChI is InChI=1S/C13H12FIN3P/c1-8-4-10(7-16)12(18-19-15)6-11(8)9-2-3-17-13(14)5-9/h2-7,16,18-19H,1H3. The minimum absolute atomic E-state index is 0.488. The topological polar surface area (TPSA) is 48.8 Å². The molecule has 2 aromatic rings. The first-order chi connectivity index (χ1) is 9.15. The van der Waals surface area contributed by atoms with Gasteiger partial charge in [-0.2, -0.15) is 4.39 Å². The molecule has 0 aliphatic heterocycles. The first-order valence-corrected chi connectivity index (χ1v) is 9.66. The number of anilines is 1. The third-order valence-electron chi connectivity index (χ3n) is 2.77. The van der Waals surface area contributed by atoms with E-state index in [0.29, 0.717) is 6.37 Å². The third-order valence-corrected chi connectivity index (χ3v) is 3.94. The summed E-state index contributed by atoms with van der Waals surface area (Å²) in [6.45, 7) is 1.96. The second-order valence-corrected chi connectivity index (χ2v) is 6.04.